The number of unbranched alkanes of at least 4 members (excludes halogenated alkanes) is 1. The van der Waals surface area contributed by atoms with E-state index in [-0.39, 0.29) is 0 Å². The predicted octanol–water partition coefficient (Wildman–Crippen LogP) is 2.46. The molecule has 1 aromatic heterocycles. The Kier molecular flexibility index (Phi) is 7.25. The van der Waals surface area contributed by atoms with Crippen LogP contribution in [0.3, 0.4) is 0 Å². The van der Waals surface area contributed by atoms with Crippen molar-refractivity contribution in [1.82, 2.24) is 20.5 Å². The maximum absolute atomic E-state index is 4.07. The lowest BCUT2D eigenvalue weighted by Crippen LogP contribution is -2.26. The average Bonchev–Trinajstić information content (AvgIpc) is 2.79. The molecule has 2 N–H and O–H groups in total. The Labute approximate surface area is 102 Å². The van der Waals surface area contributed by atoms with Crippen molar-refractivity contribution in [2.24, 2.45) is 0 Å². The Hall–Kier alpha value is -0.550. The van der Waals surface area contributed by atoms with Gasteiger partial charge >= 0.3 is 0 Å². The van der Waals surface area contributed by atoms with Crippen LogP contribution < -0.4 is 5.32 Å². The van der Waals surface area contributed by atoms with Crippen LogP contribution in [0, 0.1) is 0 Å². The molecular formula is C11H22N4S. The number of hydrogen-bond acceptors (Lipinski definition) is 4. The summed E-state index contributed by atoms with van der Waals surface area (Å²) in [6.45, 7) is 5.60. The number of H-pyrrole nitrogens is 1. The van der Waals surface area contributed by atoms with Crippen LogP contribution in [0.5, 0.6) is 0 Å². The summed E-state index contributed by atoms with van der Waals surface area (Å²) in [6, 6.07) is 0.648. The third-order valence-electron chi connectivity index (χ3n) is 2.41. The molecule has 0 saturated carbocycles. The summed E-state index contributed by atoms with van der Waals surface area (Å²) in [6.07, 6.45) is 6.55. The number of nitrogens with zero attached hydrogens (tertiary/aromatic N) is 2. The second-order valence-electron chi connectivity index (χ2n) is 3.99. The van der Waals surface area contributed by atoms with E-state index in [9.17, 15) is 0 Å². The first-order chi connectivity index (χ1) is 7.83. The van der Waals surface area contributed by atoms with Crippen molar-refractivity contribution in [1.29, 1.82) is 0 Å². The summed E-state index contributed by atoms with van der Waals surface area (Å²) >= 11 is 1.75. The molecule has 0 bridgehead atoms. The Balaban J connectivity index is 1.91. The second-order valence-corrected chi connectivity index (χ2v) is 5.07. The van der Waals surface area contributed by atoms with E-state index in [1.807, 2.05) is 0 Å². The lowest BCUT2D eigenvalue weighted by molar-refractivity contribution is 0.496. The van der Waals surface area contributed by atoms with Crippen molar-refractivity contribution in [2.45, 2.75) is 50.7 Å². The highest BCUT2D eigenvalue weighted by atomic mass is 32.2. The van der Waals surface area contributed by atoms with E-state index in [2.05, 4.69) is 34.3 Å². The molecule has 1 unspecified atom stereocenters. The van der Waals surface area contributed by atoms with Gasteiger partial charge in [-0.3, -0.25) is 5.10 Å². The number of hydrogen-bond donors (Lipinski definition) is 2. The number of rotatable bonds is 9. The summed E-state index contributed by atoms with van der Waals surface area (Å²) in [4.78, 5) is 4.07. The monoisotopic (exact) mass is 242 g/mol. The van der Waals surface area contributed by atoms with Crippen LogP contribution in [0.4, 0.5) is 0 Å². The standard InChI is InChI=1S/C11H22N4S/c1-3-7-12-10(2)6-4-5-8-16-11-13-9-14-15-11/h9-10,12H,3-8H2,1-2H3,(H,13,14,15). The van der Waals surface area contributed by atoms with Crippen LogP contribution in [-0.4, -0.2) is 33.5 Å². The third-order valence-corrected chi connectivity index (χ3v) is 3.37. The van der Waals surface area contributed by atoms with Gasteiger partial charge in [-0.25, -0.2) is 4.98 Å². The van der Waals surface area contributed by atoms with E-state index < -0.39 is 0 Å². The van der Waals surface area contributed by atoms with Gasteiger partial charge < -0.3 is 5.32 Å². The van der Waals surface area contributed by atoms with E-state index in [1.165, 1.54) is 25.7 Å². The highest BCUT2D eigenvalue weighted by Gasteiger charge is 2.00. The van der Waals surface area contributed by atoms with Gasteiger partial charge in [-0.2, -0.15) is 5.10 Å². The number of aromatic amines is 1. The maximum atomic E-state index is 4.07. The largest absolute Gasteiger partial charge is 0.314 e. The van der Waals surface area contributed by atoms with Crippen LogP contribution in [-0.2, 0) is 0 Å². The third kappa shape index (κ3) is 6.12. The van der Waals surface area contributed by atoms with E-state index in [4.69, 9.17) is 0 Å². The normalized spacial score (nSPS) is 12.9. The molecule has 1 rings (SSSR count). The van der Waals surface area contributed by atoms with E-state index >= 15 is 0 Å². The minimum Gasteiger partial charge on any atom is -0.314 e. The Morgan fingerprint density at radius 3 is 3.06 bits per heavy atom. The van der Waals surface area contributed by atoms with Crippen LogP contribution in [0.2, 0.25) is 0 Å². The minimum atomic E-state index is 0.648. The van der Waals surface area contributed by atoms with Gasteiger partial charge in [0.1, 0.15) is 6.33 Å². The van der Waals surface area contributed by atoms with E-state index in [1.54, 1.807) is 18.1 Å². The van der Waals surface area contributed by atoms with Crippen molar-refractivity contribution in [2.75, 3.05) is 12.3 Å². The molecule has 4 nitrogen and oxygen atoms in total. The summed E-state index contributed by atoms with van der Waals surface area (Å²) in [5, 5.41) is 11.1. The van der Waals surface area contributed by atoms with Crippen molar-refractivity contribution in [3.05, 3.63) is 6.33 Å². The average molecular weight is 242 g/mol. The lowest BCUT2D eigenvalue weighted by Gasteiger charge is -2.12. The molecule has 0 aliphatic heterocycles. The Bertz CT molecular complexity index is 250. The highest BCUT2D eigenvalue weighted by molar-refractivity contribution is 7.99. The van der Waals surface area contributed by atoms with Gasteiger partial charge in [0.15, 0.2) is 5.16 Å². The van der Waals surface area contributed by atoms with Crippen LogP contribution in [0.1, 0.15) is 39.5 Å². The summed E-state index contributed by atoms with van der Waals surface area (Å²) < 4.78 is 0. The molecule has 1 heterocycles. The molecule has 5 heteroatoms. The Morgan fingerprint density at radius 2 is 2.38 bits per heavy atom. The highest BCUT2D eigenvalue weighted by Crippen LogP contribution is 2.14. The summed E-state index contributed by atoms with van der Waals surface area (Å²) in [7, 11) is 0. The lowest BCUT2D eigenvalue weighted by atomic mass is 10.1. The van der Waals surface area contributed by atoms with Gasteiger partial charge in [0.2, 0.25) is 0 Å². The Morgan fingerprint density at radius 1 is 1.50 bits per heavy atom. The second kappa shape index (κ2) is 8.58. The van der Waals surface area contributed by atoms with Crippen LogP contribution in [0.15, 0.2) is 11.5 Å². The summed E-state index contributed by atoms with van der Waals surface area (Å²) in [5.41, 5.74) is 0. The molecule has 1 aromatic rings. The fourth-order valence-corrected chi connectivity index (χ4v) is 2.26. The number of nitrogens with one attached hydrogen (secondary N) is 2. The van der Waals surface area contributed by atoms with Gasteiger partial charge in [0.25, 0.3) is 0 Å². The molecule has 0 aliphatic carbocycles. The molecule has 0 saturated heterocycles. The van der Waals surface area contributed by atoms with Crippen molar-refractivity contribution in [3.8, 4) is 0 Å². The number of aromatic nitrogens is 3. The van der Waals surface area contributed by atoms with Crippen LogP contribution >= 0.6 is 11.8 Å². The zero-order valence-electron chi connectivity index (χ0n) is 10.2. The first-order valence-corrected chi connectivity index (χ1v) is 7.03. The molecule has 0 fully saturated rings. The van der Waals surface area contributed by atoms with E-state index in [0.29, 0.717) is 6.04 Å². The molecule has 92 valence electrons. The van der Waals surface area contributed by atoms with Crippen molar-refractivity contribution in [3.63, 3.8) is 0 Å². The van der Waals surface area contributed by atoms with Gasteiger partial charge in [-0.05, 0) is 32.7 Å². The topological polar surface area (TPSA) is 53.6 Å². The smallest absolute Gasteiger partial charge is 0.183 e. The van der Waals surface area contributed by atoms with Crippen molar-refractivity contribution >= 4 is 11.8 Å². The molecule has 0 aromatic carbocycles. The van der Waals surface area contributed by atoms with Gasteiger partial charge in [-0.1, -0.05) is 25.1 Å². The molecule has 0 amide bonds. The molecule has 0 aliphatic rings. The van der Waals surface area contributed by atoms with Crippen LogP contribution in [0.25, 0.3) is 0 Å². The first-order valence-electron chi connectivity index (χ1n) is 6.04. The quantitative estimate of drug-likeness (QED) is 0.516. The maximum Gasteiger partial charge on any atom is 0.183 e. The fourth-order valence-electron chi connectivity index (χ4n) is 1.48. The van der Waals surface area contributed by atoms with E-state index in [0.717, 1.165) is 17.5 Å². The molecular weight excluding hydrogens is 220 g/mol. The van der Waals surface area contributed by atoms with Gasteiger partial charge in [0.05, 0.1) is 0 Å². The van der Waals surface area contributed by atoms with Gasteiger partial charge in [0, 0.05) is 11.8 Å². The first kappa shape index (κ1) is 13.5. The fraction of sp³-hybridized carbons (Fsp3) is 0.818. The SMILES string of the molecule is CCCNC(C)CCCCSc1ncn[nH]1. The zero-order chi connectivity index (χ0) is 11.6. The number of thioether (sulfide) groups is 1. The molecule has 0 radical (unpaired) electrons. The summed E-state index contributed by atoms with van der Waals surface area (Å²) in [5.74, 6) is 1.12. The molecule has 16 heavy (non-hydrogen) atoms. The minimum absolute atomic E-state index is 0.648. The molecule has 1 atom stereocenters. The molecule has 0 spiro atoms. The van der Waals surface area contributed by atoms with Crippen molar-refractivity contribution < 1.29 is 0 Å². The predicted molar refractivity (Wildman–Crippen MR) is 68.7 cm³/mol. The van der Waals surface area contributed by atoms with Gasteiger partial charge in [-0.15, -0.1) is 0 Å². The zero-order valence-corrected chi connectivity index (χ0v) is 11.0.